The Kier molecular flexibility index (Phi) is 12.7. The molecular formula is C24H33N7O8S. The Labute approximate surface area is 233 Å². The molecule has 0 saturated heterocycles. The molecule has 2 heterocycles. The standard InChI is InChI=1S/C24H33N7O8S/c1-5-38-18(34)10-9-16(23(37)39-6-2)29-21(36)22-26-12-17(40-22)25-11-7-8-15-19(27-13(3)32)30-24(28-14(4)33)31-20(15)35/h12,16,25H,5-11H2,1-4H3,(H,29,36)(H3,27,28,30,31,32,33,35)/t16-/m0/s1. The predicted molar refractivity (Wildman–Crippen MR) is 146 cm³/mol. The maximum Gasteiger partial charge on any atom is 0.328 e. The lowest BCUT2D eigenvalue weighted by atomic mass is 10.1. The average molecular weight is 580 g/mol. The van der Waals surface area contributed by atoms with E-state index in [4.69, 9.17) is 9.47 Å². The molecule has 16 heteroatoms. The van der Waals surface area contributed by atoms with Crippen LogP contribution in [-0.2, 0) is 35.1 Å². The topological polar surface area (TPSA) is 211 Å². The Morgan fingerprint density at radius 2 is 1.75 bits per heavy atom. The molecule has 3 amide bonds. The van der Waals surface area contributed by atoms with Gasteiger partial charge in [-0.3, -0.25) is 34.3 Å². The van der Waals surface area contributed by atoms with Gasteiger partial charge in [-0.1, -0.05) is 11.3 Å². The number of nitrogens with one attached hydrogen (secondary N) is 5. The molecule has 2 rings (SSSR count). The fraction of sp³-hybridized carbons (Fsp3) is 0.500. The second kappa shape index (κ2) is 15.9. The van der Waals surface area contributed by atoms with Crippen molar-refractivity contribution in [3.8, 4) is 0 Å². The van der Waals surface area contributed by atoms with Gasteiger partial charge in [-0.2, -0.15) is 4.98 Å². The summed E-state index contributed by atoms with van der Waals surface area (Å²) in [6.07, 6.45) is 2.10. The Balaban J connectivity index is 1.97. The minimum Gasteiger partial charge on any atom is -0.466 e. The molecule has 0 aliphatic carbocycles. The van der Waals surface area contributed by atoms with Crippen LogP contribution in [0.5, 0.6) is 0 Å². The summed E-state index contributed by atoms with van der Waals surface area (Å²) in [5.74, 6) is -2.63. The number of carbonyl (C=O) groups excluding carboxylic acids is 5. The largest absolute Gasteiger partial charge is 0.466 e. The van der Waals surface area contributed by atoms with Gasteiger partial charge < -0.3 is 25.4 Å². The minimum absolute atomic E-state index is 0.0140. The molecule has 0 fully saturated rings. The molecule has 218 valence electrons. The van der Waals surface area contributed by atoms with Crippen molar-refractivity contribution in [2.24, 2.45) is 0 Å². The summed E-state index contributed by atoms with van der Waals surface area (Å²) in [5.41, 5.74) is -0.262. The smallest absolute Gasteiger partial charge is 0.328 e. The Bertz CT molecular complexity index is 1280. The summed E-state index contributed by atoms with van der Waals surface area (Å²) in [6, 6.07) is -1.04. The van der Waals surface area contributed by atoms with Crippen molar-refractivity contribution in [3.63, 3.8) is 0 Å². The lowest BCUT2D eigenvalue weighted by Gasteiger charge is -2.16. The Hall–Kier alpha value is -4.34. The first-order valence-corrected chi connectivity index (χ1v) is 13.4. The van der Waals surface area contributed by atoms with E-state index in [9.17, 15) is 28.8 Å². The molecule has 0 bridgehead atoms. The number of anilines is 3. The van der Waals surface area contributed by atoms with Gasteiger partial charge in [-0.15, -0.1) is 0 Å². The molecule has 40 heavy (non-hydrogen) atoms. The number of hydrogen-bond donors (Lipinski definition) is 5. The van der Waals surface area contributed by atoms with E-state index < -0.39 is 41.3 Å². The number of aromatic amines is 1. The van der Waals surface area contributed by atoms with Crippen LogP contribution in [0.25, 0.3) is 0 Å². The molecule has 0 radical (unpaired) electrons. The van der Waals surface area contributed by atoms with Gasteiger partial charge in [-0.25, -0.2) is 9.78 Å². The first-order chi connectivity index (χ1) is 19.0. The van der Waals surface area contributed by atoms with Gasteiger partial charge in [0.2, 0.25) is 17.8 Å². The first kappa shape index (κ1) is 31.9. The van der Waals surface area contributed by atoms with Crippen molar-refractivity contribution in [2.75, 3.05) is 35.7 Å². The number of carbonyl (C=O) groups is 5. The van der Waals surface area contributed by atoms with Gasteiger partial charge in [0.05, 0.1) is 25.0 Å². The monoisotopic (exact) mass is 579 g/mol. The van der Waals surface area contributed by atoms with E-state index in [1.54, 1.807) is 13.8 Å². The van der Waals surface area contributed by atoms with Gasteiger partial charge in [0, 0.05) is 26.8 Å². The maximum absolute atomic E-state index is 12.7. The van der Waals surface area contributed by atoms with E-state index in [1.807, 2.05) is 0 Å². The zero-order valence-corrected chi connectivity index (χ0v) is 23.5. The predicted octanol–water partition coefficient (Wildman–Crippen LogP) is 1.19. The van der Waals surface area contributed by atoms with Gasteiger partial charge in [0.15, 0.2) is 5.01 Å². The van der Waals surface area contributed by atoms with Gasteiger partial charge in [-0.05, 0) is 33.1 Å². The number of nitrogens with zero attached hydrogens (tertiary/aromatic N) is 2. The van der Waals surface area contributed by atoms with Crippen LogP contribution in [0.15, 0.2) is 11.0 Å². The molecule has 2 aromatic rings. The highest BCUT2D eigenvalue weighted by Gasteiger charge is 2.25. The van der Waals surface area contributed by atoms with Crippen LogP contribution >= 0.6 is 11.3 Å². The van der Waals surface area contributed by atoms with Crippen LogP contribution in [0.3, 0.4) is 0 Å². The van der Waals surface area contributed by atoms with E-state index >= 15 is 0 Å². The number of amides is 3. The first-order valence-electron chi connectivity index (χ1n) is 12.5. The third-order valence-corrected chi connectivity index (χ3v) is 5.98. The number of thiazole rings is 1. The number of hydrogen-bond acceptors (Lipinski definition) is 12. The van der Waals surface area contributed by atoms with Crippen molar-refractivity contribution >= 4 is 57.8 Å². The molecule has 0 aliphatic rings. The lowest BCUT2D eigenvalue weighted by molar-refractivity contribution is -0.147. The summed E-state index contributed by atoms with van der Waals surface area (Å²) in [5, 5.41) is 11.2. The van der Waals surface area contributed by atoms with Crippen molar-refractivity contribution < 1.29 is 33.4 Å². The highest BCUT2D eigenvalue weighted by molar-refractivity contribution is 7.17. The number of H-pyrrole nitrogens is 1. The summed E-state index contributed by atoms with van der Waals surface area (Å²) < 4.78 is 9.87. The van der Waals surface area contributed by atoms with Crippen molar-refractivity contribution in [2.45, 2.75) is 59.4 Å². The molecule has 15 nitrogen and oxygen atoms in total. The summed E-state index contributed by atoms with van der Waals surface area (Å²) in [7, 11) is 0. The second-order valence-corrected chi connectivity index (χ2v) is 9.32. The quantitative estimate of drug-likeness (QED) is 0.149. The molecule has 0 saturated carbocycles. The summed E-state index contributed by atoms with van der Waals surface area (Å²) in [4.78, 5) is 82.7. The maximum atomic E-state index is 12.7. The molecule has 0 aromatic carbocycles. The normalized spacial score (nSPS) is 11.2. The van der Waals surface area contributed by atoms with Crippen molar-refractivity contribution in [1.82, 2.24) is 20.3 Å². The third-order valence-electron chi connectivity index (χ3n) is 5.03. The lowest BCUT2D eigenvalue weighted by Crippen LogP contribution is -2.42. The van der Waals surface area contributed by atoms with Crippen LogP contribution in [-0.4, -0.2) is 70.4 Å². The molecule has 2 aromatic heterocycles. The van der Waals surface area contributed by atoms with E-state index in [0.29, 0.717) is 18.0 Å². The summed E-state index contributed by atoms with van der Waals surface area (Å²) in [6.45, 7) is 6.55. The van der Waals surface area contributed by atoms with Gasteiger partial charge in [0.25, 0.3) is 11.5 Å². The van der Waals surface area contributed by atoms with Crippen LogP contribution in [0.4, 0.5) is 16.8 Å². The molecule has 0 spiro atoms. The fourth-order valence-corrected chi connectivity index (χ4v) is 4.12. The Morgan fingerprint density at radius 1 is 1.05 bits per heavy atom. The second-order valence-electron chi connectivity index (χ2n) is 8.29. The highest BCUT2D eigenvalue weighted by Crippen LogP contribution is 2.20. The zero-order chi connectivity index (χ0) is 29.7. The minimum atomic E-state index is -1.04. The molecule has 5 N–H and O–H groups in total. The molecular weight excluding hydrogens is 546 g/mol. The van der Waals surface area contributed by atoms with E-state index in [1.165, 1.54) is 20.0 Å². The SMILES string of the molecule is CCOC(=O)CC[C@H](NC(=O)c1ncc(NCCCc2c(NC(C)=O)nc(NC(C)=O)[nH]c2=O)s1)C(=O)OCC. The van der Waals surface area contributed by atoms with Crippen molar-refractivity contribution in [3.05, 3.63) is 27.1 Å². The highest BCUT2D eigenvalue weighted by atomic mass is 32.1. The van der Waals surface area contributed by atoms with Crippen LogP contribution in [0.1, 0.15) is 62.3 Å². The van der Waals surface area contributed by atoms with Gasteiger partial charge >= 0.3 is 11.9 Å². The number of esters is 2. The van der Waals surface area contributed by atoms with Crippen LogP contribution < -0.4 is 26.8 Å². The van der Waals surface area contributed by atoms with E-state index in [0.717, 1.165) is 11.3 Å². The number of aromatic nitrogens is 3. The molecule has 0 unspecified atom stereocenters. The van der Waals surface area contributed by atoms with Gasteiger partial charge in [0.1, 0.15) is 16.9 Å². The average Bonchev–Trinajstić information content (AvgIpc) is 3.34. The zero-order valence-electron chi connectivity index (χ0n) is 22.7. The molecule has 0 aliphatic heterocycles. The summed E-state index contributed by atoms with van der Waals surface area (Å²) >= 11 is 1.05. The number of rotatable bonds is 15. The number of ether oxygens (including phenoxy) is 2. The van der Waals surface area contributed by atoms with Crippen LogP contribution in [0.2, 0.25) is 0 Å². The third kappa shape index (κ3) is 10.4. The van der Waals surface area contributed by atoms with E-state index in [2.05, 4.69) is 36.2 Å². The Morgan fingerprint density at radius 3 is 2.40 bits per heavy atom. The fourth-order valence-electron chi connectivity index (χ4n) is 3.37. The van der Waals surface area contributed by atoms with Crippen LogP contribution in [0, 0.1) is 0 Å². The van der Waals surface area contributed by atoms with Crippen molar-refractivity contribution in [1.29, 1.82) is 0 Å². The van der Waals surface area contributed by atoms with E-state index in [-0.39, 0.29) is 54.8 Å². The molecule has 1 atom stereocenters.